The van der Waals surface area contributed by atoms with Gasteiger partial charge in [0.05, 0.1) is 6.10 Å². The summed E-state index contributed by atoms with van der Waals surface area (Å²) >= 11 is 0. The minimum Gasteiger partial charge on any atom is -0.462 e. The van der Waals surface area contributed by atoms with Crippen LogP contribution in [0.3, 0.4) is 0 Å². The Balaban J connectivity index is 2.53. The summed E-state index contributed by atoms with van der Waals surface area (Å²) in [5.41, 5.74) is 0. The smallest absolute Gasteiger partial charge is 0.306 e. The Hall–Kier alpha value is -0.830. The Morgan fingerprint density at radius 2 is 2.40 bits per heavy atom. The van der Waals surface area contributed by atoms with Crippen molar-refractivity contribution < 1.29 is 14.6 Å². The molecule has 0 saturated heterocycles. The molecule has 0 saturated carbocycles. The van der Waals surface area contributed by atoms with Crippen molar-refractivity contribution in [2.45, 2.75) is 57.7 Å². The number of hydrogen-bond acceptors (Lipinski definition) is 3. The van der Waals surface area contributed by atoms with Gasteiger partial charge in [-0.2, -0.15) is 0 Å². The first-order chi connectivity index (χ1) is 7.22. The fourth-order valence-electron chi connectivity index (χ4n) is 1.73. The highest BCUT2D eigenvalue weighted by molar-refractivity contribution is 5.69. The number of rotatable bonds is 2. The van der Waals surface area contributed by atoms with Crippen LogP contribution in [-0.4, -0.2) is 23.3 Å². The molecule has 0 aromatic heterocycles. The predicted octanol–water partition coefficient (Wildman–Crippen LogP) is 2.19. The molecule has 0 radical (unpaired) electrons. The van der Waals surface area contributed by atoms with Gasteiger partial charge in [0.15, 0.2) is 0 Å². The molecule has 0 spiro atoms. The molecule has 1 aliphatic rings. The van der Waals surface area contributed by atoms with E-state index in [-0.39, 0.29) is 12.1 Å². The zero-order chi connectivity index (χ0) is 11.1. The minimum absolute atomic E-state index is 0.0101. The molecule has 3 nitrogen and oxygen atoms in total. The standard InChI is InChI=1S/C12H20O3/c1-2-5-11-8-3-6-10(13)7-4-9-12(14)15-11/h3,6,10-11,13H,2,4-5,7-9H2,1H3/b6-3-/t10-,11?/m1/s1. The molecule has 0 amide bonds. The molecule has 0 aromatic rings. The van der Waals surface area contributed by atoms with E-state index in [1.54, 1.807) is 0 Å². The Bertz CT molecular complexity index is 223. The van der Waals surface area contributed by atoms with Crippen molar-refractivity contribution in [3.63, 3.8) is 0 Å². The van der Waals surface area contributed by atoms with E-state index in [1.165, 1.54) is 0 Å². The molecule has 1 aliphatic heterocycles. The molecule has 0 aliphatic carbocycles. The second-order valence-electron chi connectivity index (χ2n) is 4.02. The van der Waals surface area contributed by atoms with Gasteiger partial charge in [0, 0.05) is 12.8 Å². The number of aliphatic hydroxyl groups is 1. The summed E-state index contributed by atoms with van der Waals surface area (Å²) in [5.74, 6) is -0.129. The normalized spacial score (nSPS) is 30.7. The first kappa shape index (κ1) is 12.2. The van der Waals surface area contributed by atoms with E-state index in [2.05, 4.69) is 6.92 Å². The van der Waals surface area contributed by atoms with Crippen molar-refractivity contribution in [3.05, 3.63) is 12.2 Å². The topological polar surface area (TPSA) is 46.5 Å². The molecule has 2 atom stereocenters. The van der Waals surface area contributed by atoms with Crippen molar-refractivity contribution in [2.24, 2.45) is 0 Å². The van der Waals surface area contributed by atoms with Crippen molar-refractivity contribution in [2.75, 3.05) is 0 Å². The molecular weight excluding hydrogens is 192 g/mol. The van der Waals surface area contributed by atoms with E-state index in [4.69, 9.17) is 4.74 Å². The fraction of sp³-hybridized carbons (Fsp3) is 0.750. The van der Waals surface area contributed by atoms with Crippen molar-refractivity contribution in [1.82, 2.24) is 0 Å². The van der Waals surface area contributed by atoms with Gasteiger partial charge in [-0.15, -0.1) is 0 Å². The maximum absolute atomic E-state index is 11.4. The molecule has 86 valence electrons. The third kappa shape index (κ3) is 4.98. The zero-order valence-corrected chi connectivity index (χ0v) is 9.32. The SMILES string of the molecule is CCCC1C/C=C\[C@@H](O)CCCC(=O)O1. The van der Waals surface area contributed by atoms with Gasteiger partial charge in [0.1, 0.15) is 6.10 Å². The highest BCUT2D eigenvalue weighted by atomic mass is 16.5. The van der Waals surface area contributed by atoms with Gasteiger partial charge in [0.2, 0.25) is 0 Å². The first-order valence-electron chi connectivity index (χ1n) is 5.76. The average molecular weight is 212 g/mol. The lowest BCUT2D eigenvalue weighted by molar-refractivity contribution is -0.149. The van der Waals surface area contributed by atoms with E-state index >= 15 is 0 Å². The van der Waals surface area contributed by atoms with Crippen molar-refractivity contribution in [3.8, 4) is 0 Å². The van der Waals surface area contributed by atoms with Crippen molar-refractivity contribution >= 4 is 5.97 Å². The number of carbonyl (C=O) groups excluding carboxylic acids is 1. The number of carbonyl (C=O) groups is 1. The predicted molar refractivity (Wildman–Crippen MR) is 58.4 cm³/mol. The Labute approximate surface area is 91.1 Å². The van der Waals surface area contributed by atoms with E-state index in [0.29, 0.717) is 19.3 Å². The van der Waals surface area contributed by atoms with Crippen LogP contribution in [0.5, 0.6) is 0 Å². The highest BCUT2D eigenvalue weighted by Crippen LogP contribution is 2.13. The number of esters is 1. The largest absolute Gasteiger partial charge is 0.462 e. The van der Waals surface area contributed by atoms with Crippen LogP contribution in [-0.2, 0) is 9.53 Å². The summed E-state index contributed by atoms with van der Waals surface area (Å²) in [6.07, 6.45) is 7.70. The summed E-state index contributed by atoms with van der Waals surface area (Å²) in [6.45, 7) is 2.07. The van der Waals surface area contributed by atoms with Crippen molar-refractivity contribution in [1.29, 1.82) is 0 Å². The van der Waals surface area contributed by atoms with Gasteiger partial charge in [-0.1, -0.05) is 25.5 Å². The molecule has 15 heavy (non-hydrogen) atoms. The lowest BCUT2D eigenvalue weighted by Crippen LogP contribution is -2.19. The van der Waals surface area contributed by atoms with E-state index in [1.807, 2.05) is 12.2 Å². The van der Waals surface area contributed by atoms with Crippen LogP contribution in [0.15, 0.2) is 12.2 Å². The van der Waals surface area contributed by atoms with E-state index in [0.717, 1.165) is 19.3 Å². The van der Waals surface area contributed by atoms with Gasteiger partial charge in [0.25, 0.3) is 0 Å². The van der Waals surface area contributed by atoms with Gasteiger partial charge in [-0.25, -0.2) is 0 Å². The van der Waals surface area contributed by atoms with Gasteiger partial charge in [-0.3, -0.25) is 4.79 Å². The third-order valence-corrected chi connectivity index (χ3v) is 2.55. The van der Waals surface area contributed by atoms with Gasteiger partial charge >= 0.3 is 5.97 Å². The Morgan fingerprint density at radius 3 is 3.13 bits per heavy atom. The van der Waals surface area contributed by atoms with Crippen LogP contribution < -0.4 is 0 Å². The molecule has 1 N–H and O–H groups in total. The highest BCUT2D eigenvalue weighted by Gasteiger charge is 2.14. The van der Waals surface area contributed by atoms with Crippen LogP contribution >= 0.6 is 0 Å². The summed E-state index contributed by atoms with van der Waals surface area (Å²) in [7, 11) is 0. The van der Waals surface area contributed by atoms with Crippen LogP contribution in [0, 0.1) is 0 Å². The number of ether oxygens (including phenoxy) is 1. The monoisotopic (exact) mass is 212 g/mol. The lowest BCUT2D eigenvalue weighted by Gasteiger charge is -2.17. The molecule has 0 bridgehead atoms. The van der Waals surface area contributed by atoms with Gasteiger partial charge < -0.3 is 9.84 Å². The lowest BCUT2D eigenvalue weighted by atomic mass is 10.1. The number of cyclic esters (lactones) is 1. The van der Waals surface area contributed by atoms with Gasteiger partial charge in [-0.05, 0) is 19.3 Å². The van der Waals surface area contributed by atoms with E-state index < -0.39 is 6.10 Å². The quantitative estimate of drug-likeness (QED) is 0.563. The molecular formula is C12H20O3. The van der Waals surface area contributed by atoms with Crippen LogP contribution in [0.25, 0.3) is 0 Å². The van der Waals surface area contributed by atoms with E-state index in [9.17, 15) is 9.90 Å². The summed E-state index contributed by atoms with van der Waals surface area (Å²) in [6, 6.07) is 0. The Morgan fingerprint density at radius 1 is 1.60 bits per heavy atom. The number of hydrogen-bond donors (Lipinski definition) is 1. The molecule has 1 heterocycles. The second kappa shape index (κ2) is 6.62. The minimum atomic E-state index is -0.404. The number of aliphatic hydroxyl groups excluding tert-OH is 1. The summed E-state index contributed by atoms with van der Waals surface area (Å²) < 4.78 is 5.33. The summed E-state index contributed by atoms with van der Waals surface area (Å²) in [4.78, 5) is 11.4. The second-order valence-corrected chi connectivity index (χ2v) is 4.02. The molecule has 0 fully saturated rings. The maximum Gasteiger partial charge on any atom is 0.306 e. The molecule has 1 rings (SSSR count). The Kier molecular flexibility index (Phi) is 5.40. The van der Waals surface area contributed by atoms with Crippen LogP contribution in [0.1, 0.15) is 45.4 Å². The fourth-order valence-corrected chi connectivity index (χ4v) is 1.73. The molecule has 1 unspecified atom stereocenters. The van der Waals surface area contributed by atoms with Crippen LogP contribution in [0.4, 0.5) is 0 Å². The molecule has 0 aromatic carbocycles. The van der Waals surface area contributed by atoms with Crippen LogP contribution in [0.2, 0.25) is 0 Å². The molecule has 3 heteroatoms. The third-order valence-electron chi connectivity index (χ3n) is 2.55. The maximum atomic E-state index is 11.4. The average Bonchev–Trinajstić information content (AvgIpc) is 2.17. The zero-order valence-electron chi connectivity index (χ0n) is 9.32. The first-order valence-corrected chi connectivity index (χ1v) is 5.76. The summed E-state index contributed by atoms with van der Waals surface area (Å²) in [5, 5.41) is 9.49.